The molecule has 0 aliphatic rings. The zero-order chi connectivity index (χ0) is 12.7. The fraction of sp³-hybridized carbons (Fsp3) is 0.533. The van der Waals surface area contributed by atoms with E-state index in [1.807, 2.05) is 37.3 Å². The molecule has 1 N–H and O–H groups in total. The largest absolute Gasteiger partial charge is 0.349 e. The SMILES string of the molecule is CCC[C@H](CC)C(=O)N[C@H](C)c1ccccc1. The zero-order valence-corrected chi connectivity index (χ0v) is 11.1. The number of benzene rings is 1. The minimum atomic E-state index is 0.0922. The number of rotatable bonds is 6. The Morgan fingerprint density at radius 1 is 1.24 bits per heavy atom. The maximum atomic E-state index is 12.0. The Hall–Kier alpha value is -1.31. The van der Waals surface area contributed by atoms with Crippen molar-refractivity contribution in [2.45, 2.75) is 46.1 Å². The molecule has 0 saturated heterocycles. The van der Waals surface area contributed by atoms with Crippen LogP contribution in [0.5, 0.6) is 0 Å². The van der Waals surface area contributed by atoms with Gasteiger partial charge in [0.15, 0.2) is 0 Å². The molecule has 0 spiro atoms. The summed E-state index contributed by atoms with van der Waals surface area (Å²) in [5.41, 5.74) is 1.16. The van der Waals surface area contributed by atoms with Crippen molar-refractivity contribution in [3.63, 3.8) is 0 Å². The third-order valence-electron chi connectivity index (χ3n) is 3.16. The van der Waals surface area contributed by atoms with Gasteiger partial charge in [0.25, 0.3) is 0 Å². The van der Waals surface area contributed by atoms with E-state index in [4.69, 9.17) is 0 Å². The molecule has 2 nitrogen and oxygen atoms in total. The molecular weight excluding hydrogens is 210 g/mol. The predicted octanol–water partition coefficient (Wildman–Crippen LogP) is 3.69. The first kappa shape index (κ1) is 13.8. The summed E-state index contributed by atoms with van der Waals surface area (Å²) < 4.78 is 0. The summed E-state index contributed by atoms with van der Waals surface area (Å²) in [5, 5.41) is 3.09. The summed E-state index contributed by atoms with van der Waals surface area (Å²) in [7, 11) is 0. The Morgan fingerprint density at radius 2 is 1.88 bits per heavy atom. The molecular formula is C15H23NO. The predicted molar refractivity (Wildman–Crippen MR) is 71.7 cm³/mol. The van der Waals surface area contributed by atoms with Crippen molar-refractivity contribution in [3.8, 4) is 0 Å². The molecule has 2 heteroatoms. The van der Waals surface area contributed by atoms with Gasteiger partial charge in [0.1, 0.15) is 0 Å². The molecule has 0 unspecified atom stereocenters. The standard InChI is InChI=1S/C15H23NO/c1-4-9-13(5-2)15(17)16-12(3)14-10-7-6-8-11-14/h6-8,10-13H,4-5,9H2,1-3H3,(H,16,17)/t12-,13+/m1/s1. The van der Waals surface area contributed by atoms with Gasteiger partial charge < -0.3 is 5.32 Å². The molecule has 0 aromatic heterocycles. The van der Waals surface area contributed by atoms with E-state index in [-0.39, 0.29) is 17.9 Å². The first-order chi connectivity index (χ1) is 8.19. The molecule has 0 fully saturated rings. The van der Waals surface area contributed by atoms with Crippen LogP contribution < -0.4 is 5.32 Å². The molecule has 1 aromatic carbocycles. The van der Waals surface area contributed by atoms with Crippen molar-refractivity contribution < 1.29 is 4.79 Å². The van der Waals surface area contributed by atoms with E-state index < -0.39 is 0 Å². The number of hydrogen-bond donors (Lipinski definition) is 1. The summed E-state index contributed by atoms with van der Waals surface area (Å²) in [6, 6.07) is 10.2. The fourth-order valence-corrected chi connectivity index (χ4v) is 2.03. The van der Waals surface area contributed by atoms with E-state index in [0.29, 0.717) is 0 Å². The van der Waals surface area contributed by atoms with E-state index in [9.17, 15) is 4.79 Å². The molecule has 0 bridgehead atoms. The average molecular weight is 233 g/mol. The lowest BCUT2D eigenvalue weighted by molar-refractivity contribution is -0.126. The van der Waals surface area contributed by atoms with Gasteiger partial charge in [-0.3, -0.25) is 4.79 Å². The van der Waals surface area contributed by atoms with Crippen molar-refractivity contribution in [2.75, 3.05) is 0 Å². The number of amides is 1. The van der Waals surface area contributed by atoms with Crippen LogP contribution in [-0.2, 0) is 4.79 Å². The quantitative estimate of drug-likeness (QED) is 0.797. The first-order valence-electron chi connectivity index (χ1n) is 6.54. The van der Waals surface area contributed by atoms with Crippen LogP contribution in [0.3, 0.4) is 0 Å². The van der Waals surface area contributed by atoms with Crippen molar-refractivity contribution in [3.05, 3.63) is 35.9 Å². The van der Waals surface area contributed by atoms with Crippen LogP contribution in [0.2, 0.25) is 0 Å². The van der Waals surface area contributed by atoms with E-state index in [1.54, 1.807) is 0 Å². The van der Waals surface area contributed by atoms with Crippen LogP contribution in [0.4, 0.5) is 0 Å². The Balaban J connectivity index is 2.56. The summed E-state index contributed by atoms with van der Waals surface area (Å²) >= 11 is 0. The Kier molecular flexibility index (Phi) is 5.75. The van der Waals surface area contributed by atoms with Gasteiger partial charge in [-0.2, -0.15) is 0 Å². The lowest BCUT2D eigenvalue weighted by Gasteiger charge is -2.19. The van der Waals surface area contributed by atoms with Gasteiger partial charge in [0.05, 0.1) is 6.04 Å². The van der Waals surface area contributed by atoms with Crippen LogP contribution in [0, 0.1) is 5.92 Å². The highest BCUT2D eigenvalue weighted by molar-refractivity contribution is 5.79. The van der Waals surface area contributed by atoms with Gasteiger partial charge in [0, 0.05) is 5.92 Å². The zero-order valence-electron chi connectivity index (χ0n) is 11.1. The summed E-state index contributed by atoms with van der Waals surface area (Å²) in [5.74, 6) is 0.344. The van der Waals surface area contributed by atoms with Crippen LogP contribution in [0.25, 0.3) is 0 Å². The normalized spacial score (nSPS) is 14.1. The van der Waals surface area contributed by atoms with Crippen molar-refractivity contribution in [2.24, 2.45) is 5.92 Å². The van der Waals surface area contributed by atoms with Gasteiger partial charge in [-0.1, -0.05) is 50.6 Å². The van der Waals surface area contributed by atoms with Gasteiger partial charge in [-0.25, -0.2) is 0 Å². The van der Waals surface area contributed by atoms with E-state index >= 15 is 0 Å². The Morgan fingerprint density at radius 3 is 2.41 bits per heavy atom. The molecule has 0 aliphatic carbocycles. The number of carbonyl (C=O) groups excluding carboxylic acids is 1. The third-order valence-corrected chi connectivity index (χ3v) is 3.16. The van der Waals surface area contributed by atoms with E-state index in [1.165, 1.54) is 0 Å². The van der Waals surface area contributed by atoms with Gasteiger partial charge in [-0.05, 0) is 25.3 Å². The van der Waals surface area contributed by atoms with Gasteiger partial charge in [0.2, 0.25) is 5.91 Å². The van der Waals surface area contributed by atoms with Gasteiger partial charge in [-0.15, -0.1) is 0 Å². The maximum Gasteiger partial charge on any atom is 0.223 e. The molecule has 0 heterocycles. The van der Waals surface area contributed by atoms with E-state index in [2.05, 4.69) is 19.2 Å². The molecule has 0 aliphatic heterocycles. The fourth-order valence-electron chi connectivity index (χ4n) is 2.03. The lowest BCUT2D eigenvalue weighted by Crippen LogP contribution is -2.32. The summed E-state index contributed by atoms with van der Waals surface area (Å²) in [6.07, 6.45) is 2.96. The second-order valence-electron chi connectivity index (χ2n) is 4.53. The topological polar surface area (TPSA) is 29.1 Å². The van der Waals surface area contributed by atoms with Crippen LogP contribution in [0.1, 0.15) is 51.6 Å². The molecule has 1 amide bonds. The number of hydrogen-bond acceptors (Lipinski definition) is 1. The molecule has 94 valence electrons. The lowest BCUT2D eigenvalue weighted by atomic mass is 9.99. The summed E-state index contributed by atoms with van der Waals surface area (Å²) in [6.45, 7) is 6.23. The molecule has 2 atom stereocenters. The second kappa shape index (κ2) is 7.10. The van der Waals surface area contributed by atoms with E-state index in [0.717, 1.165) is 24.8 Å². The smallest absolute Gasteiger partial charge is 0.223 e. The van der Waals surface area contributed by atoms with Crippen molar-refractivity contribution in [1.29, 1.82) is 0 Å². The first-order valence-corrected chi connectivity index (χ1v) is 6.54. The second-order valence-corrected chi connectivity index (χ2v) is 4.53. The highest BCUT2D eigenvalue weighted by atomic mass is 16.1. The Labute approximate surface area is 104 Å². The van der Waals surface area contributed by atoms with Crippen LogP contribution in [0.15, 0.2) is 30.3 Å². The van der Waals surface area contributed by atoms with Crippen LogP contribution in [-0.4, -0.2) is 5.91 Å². The van der Waals surface area contributed by atoms with Crippen LogP contribution >= 0.6 is 0 Å². The van der Waals surface area contributed by atoms with Crippen molar-refractivity contribution >= 4 is 5.91 Å². The van der Waals surface area contributed by atoms with Crippen molar-refractivity contribution in [1.82, 2.24) is 5.32 Å². The number of carbonyl (C=O) groups is 1. The minimum Gasteiger partial charge on any atom is -0.349 e. The molecule has 1 aromatic rings. The third kappa shape index (κ3) is 4.22. The number of nitrogens with one attached hydrogen (secondary N) is 1. The monoisotopic (exact) mass is 233 g/mol. The highest BCUT2D eigenvalue weighted by Crippen LogP contribution is 2.15. The molecule has 1 rings (SSSR count). The summed E-state index contributed by atoms with van der Waals surface area (Å²) in [4.78, 5) is 12.0. The minimum absolute atomic E-state index is 0.0922. The molecule has 0 saturated carbocycles. The Bertz CT molecular complexity index is 334. The maximum absolute atomic E-state index is 12.0. The molecule has 17 heavy (non-hydrogen) atoms. The average Bonchev–Trinajstić information content (AvgIpc) is 2.36. The van der Waals surface area contributed by atoms with Gasteiger partial charge >= 0.3 is 0 Å². The molecule has 0 radical (unpaired) electrons. The highest BCUT2D eigenvalue weighted by Gasteiger charge is 2.17.